The van der Waals surface area contributed by atoms with E-state index in [0.717, 1.165) is 17.8 Å². The third-order valence-electron chi connectivity index (χ3n) is 3.72. The van der Waals surface area contributed by atoms with Crippen molar-refractivity contribution in [2.45, 2.75) is 50.8 Å². The molecule has 1 aliphatic rings. The molecule has 1 amide bonds. The minimum Gasteiger partial charge on any atom is -0.383 e. The average molecular weight is 472 g/mol. The van der Waals surface area contributed by atoms with E-state index in [0.29, 0.717) is 19.2 Å². The molecule has 1 fully saturated rings. The summed E-state index contributed by atoms with van der Waals surface area (Å²) in [6, 6.07) is 0.446. The second-order valence-electron chi connectivity index (χ2n) is 5.62. The Morgan fingerprint density at radius 2 is 2.08 bits per heavy atom. The van der Waals surface area contributed by atoms with E-state index in [2.05, 4.69) is 27.9 Å². The molecule has 24 heavy (non-hydrogen) atoms. The quantitative estimate of drug-likeness (QED) is 0.207. The van der Waals surface area contributed by atoms with Gasteiger partial charge in [-0.25, -0.2) is 4.99 Å². The summed E-state index contributed by atoms with van der Waals surface area (Å²) < 4.78 is 4.91. The van der Waals surface area contributed by atoms with Crippen LogP contribution < -0.4 is 16.0 Å². The van der Waals surface area contributed by atoms with Crippen LogP contribution in [0.4, 0.5) is 0 Å². The lowest BCUT2D eigenvalue weighted by atomic mass is 9.95. The van der Waals surface area contributed by atoms with Crippen molar-refractivity contribution in [3.63, 3.8) is 0 Å². The number of thioether (sulfide) groups is 1. The Hall–Kier alpha value is -0.220. The highest BCUT2D eigenvalue weighted by Gasteiger charge is 2.22. The molecule has 1 aliphatic carbocycles. The standard InChI is InChI=1S/C16H32N4O2S.HI/c1-4-17-16(19-12-15(21)18-9-10-22-3)20-13-7-6-8-14(11-13)23-5-2;/h13-14H,4-12H2,1-3H3,(H,18,21)(H2,17,19,20);1H. The summed E-state index contributed by atoms with van der Waals surface area (Å²) in [4.78, 5) is 16.1. The minimum atomic E-state index is -0.0812. The zero-order valence-corrected chi connectivity index (χ0v) is 18.2. The predicted octanol–water partition coefficient (Wildman–Crippen LogP) is 1.99. The molecule has 0 aromatic rings. The molecule has 2 atom stereocenters. The van der Waals surface area contributed by atoms with E-state index in [1.807, 2.05) is 18.7 Å². The first-order chi connectivity index (χ1) is 11.2. The molecule has 1 rings (SSSR count). The SMILES string of the molecule is CCNC(=NCC(=O)NCCOC)NC1CCCC(SCC)C1.I. The fourth-order valence-electron chi connectivity index (χ4n) is 2.68. The molecule has 2 unspecified atom stereocenters. The number of rotatable bonds is 9. The van der Waals surface area contributed by atoms with Crippen LogP contribution in [0.1, 0.15) is 39.5 Å². The van der Waals surface area contributed by atoms with Crippen LogP contribution in [0.25, 0.3) is 0 Å². The van der Waals surface area contributed by atoms with Gasteiger partial charge in [-0.2, -0.15) is 11.8 Å². The summed E-state index contributed by atoms with van der Waals surface area (Å²) in [7, 11) is 1.62. The van der Waals surface area contributed by atoms with Crippen LogP contribution in [0.3, 0.4) is 0 Å². The first-order valence-electron chi connectivity index (χ1n) is 8.61. The summed E-state index contributed by atoms with van der Waals surface area (Å²) in [5.41, 5.74) is 0. The van der Waals surface area contributed by atoms with Gasteiger partial charge < -0.3 is 20.7 Å². The molecule has 0 spiro atoms. The largest absolute Gasteiger partial charge is 0.383 e. The fourth-order valence-corrected chi connectivity index (χ4v) is 3.85. The second-order valence-corrected chi connectivity index (χ2v) is 7.20. The molecule has 0 aliphatic heterocycles. The summed E-state index contributed by atoms with van der Waals surface area (Å²) in [6.07, 6.45) is 4.91. The van der Waals surface area contributed by atoms with Gasteiger partial charge in [0.15, 0.2) is 5.96 Å². The average Bonchev–Trinajstić information content (AvgIpc) is 2.54. The Labute approximate surface area is 167 Å². The summed E-state index contributed by atoms with van der Waals surface area (Å²) in [5.74, 6) is 1.83. The molecule has 142 valence electrons. The van der Waals surface area contributed by atoms with E-state index in [1.54, 1.807) is 7.11 Å². The lowest BCUT2D eigenvalue weighted by Crippen LogP contribution is -2.46. The van der Waals surface area contributed by atoms with Crippen LogP contribution in [0.5, 0.6) is 0 Å². The Balaban J connectivity index is 0.00000529. The highest BCUT2D eigenvalue weighted by molar-refractivity contribution is 14.0. The lowest BCUT2D eigenvalue weighted by Gasteiger charge is -2.30. The maximum atomic E-state index is 11.7. The number of halogens is 1. The Kier molecular flexibility index (Phi) is 14.9. The maximum absolute atomic E-state index is 11.7. The van der Waals surface area contributed by atoms with Gasteiger partial charge in [-0.15, -0.1) is 24.0 Å². The van der Waals surface area contributed by atoms with E-state index in [9.17, 15) is 4.79 Å². The van der Waals surface area contributed by atoms with Gasteiger partial charge in [0, 0.05) is 31.5 Å². The number of aliphatic imine (C=N–C) groups is 1. The Bertz CT molecular complexity index is 370. The van der Waals surface area contributed by atoms with Crippen molar-refractivity contribution in [3.05, 3.63) is 0 Å². The van der Waals surface area contributed by atoms with Gasteiger partial charge in [0.2, 0.25) is 5.91 Å². The Morgan fingerprint density at radius 1 is 1.29 bits per heavy atom. The van der Waals surface area contributed by atoms with Crippen molar-refractivity contribution in [3.8, 4) is 0 Å². The highest BCUT2D eigenvalue weighted by atomic mass is 127. The lowest BCUT2D eigenvalue weighted by molar-refractivity contribution is -0.119. The van der Waals surface area contributed by atoms with Gasteiger partial charge in [-0.1, -0.05) is 13.3 Å². The van der Waals surface area contributed by atoms with E-state index in [1.165, 1.54) is 31.4 Å². The van der Waals surface area contributed by atoms with Crippen LogP contribution in [0.15, 0.2) is 4.99 Å². The number of carbonyl (C=O) groups is 1. The number of nitrogens with zero attached hydrogens (tertiary/aromatic N) is 1. The van der Waals surface area contributed by atoms with Crippen molar-refractivity contribution >= 4 is 47.6 Å². The fraction of sp³-hybridized carbons (Fsp3) is 0.875. The molecule has 0 aromatic carbocycles. The van der Waals surface area contributed by atoms with E-state index in [-0.39, 0.29) is 36.4 Å². The Morgan fingerprint density at radius 3 is 2.75 bits per heavy atom. The van der Waals surface area contributed by atoms with Gasteiger partial charge >= 0.3 is 0 Å². The van der Waals surface area contributed by atoms with Crippen LogP contribution in [-0.2, 0) is 9.53 Å². The molecule has 0 radical (unpaired) electrons. The number of hydrogen-bond donors (Lipinski definition) is 3. The van der Waals surface area contributed by atoms with Crippen LogP contribution in [-0.4, -0.2) is 62.3 Å². The number of methoxy groups -OCH3 is 1. The maximum Gasteiger partial charge on any atom is 0.241 e. The number of nitrogens with one attached hydrogen (secondary N) is 3. The minimum absolute atomic E-state index is 0. The third kappa shape index (κ3) is 10.6. The monoisotopic (exact) mass is 472 g/mol. The van der Waals surface area contributed by atoms with Crippen molar-refractivity contribution in [2.75, 3.05) is 39.1 Å². The van der Waals surface area contributed by atoms with Gasteiger partial charge in [-0.05, 0) is 31.9 Å². The zero-order chi connectivity index (χ0) is 16.9. The van der Waals surface area contributed by atoms with Gasteiger partial charge in [0.05, 0.1) is 6.61 Å². The van der Waals surface area contributed by atoms with Crippen molar-refractivity contribution in [1.82, 2.24) is 16.0 Å². The first kappa shape index (κ1) is 23.8. The van der Waals surface area contributed by atoms with Crippen molar-refractivity contribution in [2.24, 2.45) is 4.99 Å². The van der Waals surface area contributed by atoms with E-state index >= 15 is 0 Å². The number of ether oxygens (including phenoxy) is 1. The zero-order valence-electron chi connectivity index (χ0n) is 15.1. The molecule has 0 heterocycles. The summed E-state index contributed by atoms with van der Waals surface area (Å²) >= 11 is 2.05. The number of guanidine groups is 1. The summed E-state index contributed by atoms with van der Waals surface area (Å²) in [5, 5.41) is 10.2. The summed E-state index contributed by atoms with van der Waals surface area (Å²) in [6.45, 7) is 6.22. The van der Waals surface area contributed by atoms with Crippen LogP contribution in [0.2, 0.25) is 0 Å². The predicted molar refractivity (Wildman–Crippen MR) is 114 cm³/mol. The number of carbonyl (C=O) groups excluding carboxylic acids is 1. The highest BCUT2D eigenvalue weighted by Crippen LogP contribution is 2.28. The molecular weight excluding hydrogens is 439 g/mol. The normalized spacial score (nSPS) is 20.9. The van der Waals surface area contributed by atoms with Gasteiger partial charge in [-0.3, -0.25) is 4.79 Å². The molecule has 0 bridgehead atoms. The van der Waals surface area contributed by atoms with Gasteiger partial charge in [0.1, 0.15) is 6.54 Å². The molecular formula is C16H33IN4O2S. The van der Waals surface area contributed by atoms with Crippen LogP contribution >= 0.6 is 35.7 Å². The number of hydrogen-bond acceptors (Lipinski definition) is 4. The molecule has 0 saturated heterocycles. The number of amides is 1. The third-order valence-corrected chi connectivity index (χ3v) is 4.96. The van der Waals surface area contributed by atoms with Crippen molar-refractivity contribution in [1.29, 1.82) is 0 Å². The molecule has 1 saturated carbocycles. The molecule has 3 N–H and O–H groups in total. The second kappa shape index (κ2) is 15.1. The van der Waals surface area contributed by atoms with Crippen molar-refractivity contribution < 1.29 is 9.53 Å². The van der Waals surface area contributed by atoms with Gasteiger partial charge in [0.25, 0.3) is 0 Å². The molecule has 6 nitrogen and oxygen atoms in total. The van der Waals surface area contributed by atoms with E-state index in [4.69, 9.17) is 4.74 Å². The topological polar surface area (TPSA) is 74.8 Å². The first-order valence-corrected chi connectivity index (χ1v) is 9.66. The van der Waals surface area contributed by atoms with E-state index < -0.39 is 0 Å². The smallest absolute Gasteiger partial charge is 0.241 e. The van der Waals surface area contributed by atoms with Crippen LogP contribution in [0, 0.1) is 0 Å². The molecule has 8 heteroatoms. The molecule has 0 aromatic heterocycles.